The van der Waals surface area contributed by atoms with Gasteiger partial charge in [0, 0.05) is 5.56 Å². The van der Waals surface area contributed by atoms with Crippen LogP contribution in [0, 0.1) is 31.0 Å². The first-order chi connectivity index (χ1) is 8.11. The average molecular weight is 225 g/mol. The summed E-state index contributed by atoms with van der Waals surface area (Å²) in [6.07, 6.45) is 0. The van der Waals surface area contributed by atoms with E-state index in [0.29, 0.717) is 5.56 Å². The van der Waals surface area contributed by atoms with Crippen LogP contribution in [0.5, 0.6) is 0 Å². The van der Waals surface area contributed by atoms with Gasteiger partial charge in [-0.25, -0.2) is 4.39 Å². The first-order valence-corrected chi connectivity index (χ1v) is 5.39. The fourth-order valence-corrected chi connectivity index (χ4v) is 2.01. The highest BCUT2D eigenvalue weighted by Crippen LogP contribution is 2.26. The Morgan fingerprint density at radius 2 is 1.71 bits per heavy atom. The van der Waals surface area contributed by atoms with Gasteiger partial charge in [0.2, 0.25) is 0 Å². The van der Waals surface area contributed by atoms with Gasteiger partial charge in [0.05, 0.1) is 5.56 Å². The first kappa shape index (κ1) is 11.3. The lowest BCUT2D eigenvalue weighted by Gasteiger charge is -2.07. The molecule has 2 aromatic carbocycles. The number of aryl methyl sites for hydroxylation is 2. The molecule has 0 spiro atoms. The van der Waals surface area contributed by atoms with Gasteiger partial charge in [-0.05, 0) is 25.5 Å². The number of nitriles is 1. The highest BCUT2D eigenvalue weighted by atomic mass is 19.1. The Morgan fingerprint density at radius 1 is 1.06 bits per heavy atom. The van der Waals surface area contributed by atoms with E-state index in [0.717, 1.165) is 16.7 Å². The van der Waals surface area contributed by atoms with Crippen molar-refractivity contribution in [1.29, 1.82) is 5.26 Å². The van der Waals surface area contributed by atoms with E-state index in [1.165, 1.54) is 6.07 Å². The molecule has 0 bridgehead atoms. The molecule has 1 nitrogen and oxygen atoms in total. The Labute approximate surface area is 100 Å². The van der Waals surface area contributed by atoms with Crippen molar-refractivity contribution in [2.24, 2.45) is 0 Å². The number of rotatable bonds is 1. The summed E-state index contributed by atoms with van der Waals surface area (Å²) in [4.78, 5) is 0. The summed E-state index contributed by atoms with van der Waals surface area (Å²) < 4.78 is 13.5. The Hall–Kier alpha value is -2.14. The molecule has 0 saturated heterocycles. The summed E-state index contributed by atoms with van der Waals surface area (Å²) in [5.74, 6) is -0.468. The van der Waals surface area contributed by atoms with Gasteiger partial charge >= 0.3 is 0 Å². The molecule has 0 aliphatic heterocycles. The minimum Gasteiger partial charge on any atom is -0.206 e. The van der Waals surface area contributed by atoms with Crippen LogP contribution in [-0.4, -0.2) is 0 Å². The molecule has 2 rings (SSSR count). The lowest BCUT2D eigenvalue weighted by Crippen LogP contribution is -1.90. The van der Waals surface area contributed by atoms with Crippen molar-refractivity contribution in [3.05, 3.63) is 58.9 Å². The maximum absolute atomic E-state index is 13.5. The summed E-state index contributed by atoms with van der Waals surface area (Å²) in [6, 6.07) is 12.6. The Bertz CT molecular complexity index is 589. The van der Waals surface area contributed by atoms with Crippen LogP contribution in [-0.2, 0) is 0 Å². The predicted octanol–water partition coefficient (Wildman–Crippen LogP) is 3.98. The molecule has 0 N–H and O–H groups in total. The molecular weight excluding hydrogens is 213 g/mol. The summed E-state index contributed by atoms with van der Waals surface area (Å²) in [7, 11) is 0. The molecule has 0 saturated carbocycles. The van der Waals surface area contributed by atoms with E-state index in [2.05, 4.69) is 6.07 Å². The highest BCUT2D eigenvalue weighted by Gasteiger charge is 2.09. The second kappa shape index (κ2) is 4.39. The van der Waals surface area contributed by atoms with Gasteiger partial charge in [-0.1, -0.05) is 41.5 Å². The van der Waals surface area contributed by atoms with E-state index >= 15 is 0 Å². The van der Waals surface area contributed by atoms with E-state index in [1.807, 2.05) is 32.0 Å². The molecule has 0 fully saturated rings. The van der Waals surface area contributed by atoms with Crippen LogP contribution in [0.2, 0.25) is 0 Å². The van der Waals surface area contributed by atoms with Gasteiger partial charge in [0.15, 0.2) is 0 Å². The lowest BCUT2D eigenvalue weighted by molar-refractivity contribution is 0.624. The van der Waals surface area contributed by atoms with Crippen molar-refractivity contribution in [2.45, 2.75) is 13.8 Å². The van der Waals surface area contributed by atoms with Crippen LogP contribution < -0.4 is 0 Å². The predicted molar refractivity (Wildman–Crippen MR) is 66.0 cm³/mol. The fourth-order valence-electron chi connectivity index (χ4n) is 2.01. The summed E-state index contributed by atoms with van der Waals surface area (Å²) in [5.41, 5.74) is 3.86. The molecule has 0 atom stereocenters. The van der Waals surface area contributed by atoms with Crippen molar-refractivity contribution in [2.75, 3.05) is 0 Å². The summed E-state index contributed by atoms with van der Waals surface area (Å²) in [5, 5.41) is 9.01. The van der Waals surface area contributed by atoms with Crippen molar-refractivity contribution < 1.29 is 4.39 Å². The molecule has 0 aliphatic carbocycles. The maximum Gasteiger partial charge on any atom is 0.141 e. The molecule has 2 aromatic rings. The number of hydrogen-bond donors (Lipinski definition) is 0. The summed E-state index contributed by atoms with van der Waals surface area (Å²) in [6.45, 7) is 3.98. The molecule has 84 valence electrons. The Kier molecular flexibility index (Phi) is 2.93. The Morgan fingerprint density at radius 3 is 2.29 bits per heavy atom. The second-order valence-electron chi connectivity index (χ2n) is 4.15. The zero-order valence-electron chi connectivity index (χ0n) is 9.79. The third-order valence-electron chi connectivity index (χ3n) is 2.66. The second-order valence-corrected chi connectivity index (χ2v) is 4.15. The van der Waals surface area contributed by atoms with E-state index in [4.69, 9.17) is 5.26 Å². The van der Waals surface area contributed by atoms with Crippen LogP contribution >= 0.6 is 0 Å². The van der Waals surface area contributed by atoms with Crippen LogP contribution in [0.25, 0.3) is 11.1 Å². The van der Waals surface area contributed by atoms with Gasteiger partial charge < -0.3 is 0 Å². The van der Waals surface area contributed by atoms with Gasteiger partial charge in [-0.3, -0.25) is 0 Å². The van der Waals surface area contributed by atoms with Crippen molar-refractivity contribution in [1.82, 2.24) is 0 Å². The van der Waals surface area contributed by atoms with Gasteiger partial charge in [0.1, 0.15) is 11.9 Å². The van der Waals surface area contributed by atoms with Crippen molar-refractivity contribution >= 4 is 0 Å². The third kappa shape index (κ3) is 2.19. The highest BCUT2D eigenvalue weighted by molar-refractivity contribution is 5.71. The molecule has 0 aliphatic rings. The molecule has 0 radical (unpaired) electrons. The van der Waals surface area contributed by atoms with Gasteiger partial charge in [0.25, 0.3) is 0 Å². The molecular formula is C15H12FN. The fraction of sp³-hybridized carbons (Fsp3) is 0.133. The molecule has 17 heavy (non-hydrogen) atoms. The van der Waals surface area contributed by atoms with Gasteiger partial charge in [-0.2, -0.15) is 5.26 Å². The third-order valence-corrected chi connectivity index (χ3v) is 2.66. The van der Waals surface area contributed by atoms with E-state index in [1.54, 1.807) is 12.1 Å². The van der Waals surface area contributed by atoms with Crippen LogP contribution in [0.3, 0.4) is 0 Å². The molecule has 0 heterocycles. The summed E-state index contributed by atoms with van der Waals surface area (Å²) >= 11 is 0. The molecule has 0 amide bonds. The smallest absolute Gasteiger partial charge is 0.141 e. The average Bonchev–Trinajstić information content (AvgIpc) is 2.27. The largest absolute Gasteiger partial charge is 0.206 e. The van der Waals surface area contributed by atoms with Gasteiger partial charge in [-0.15, -0.1) is 0 Å². The van der Waals surface area contributed by atoms with E-state index < -0.39 is 5.82 Å². The molecule has 0 unspecified atom stereocenters. The number of hydrogen-bond acceptors (Lipinski definition) is 1. The maximum atomic E-state index is 13.5. The minimum atomic E-state index is -0.468. The quantitative estimate of drug-likeness (QED) is 0.720. The van der Waals surface area contributed by atoms with Crippen LogP contribution in [0.15, 0.2) is 36.4 Å². The van der Waals surface area contributed by atoms with Crippen molar-refractivity contribution in [3.63, 3.8) is 0 Å². The Balaban J connectivity index is 2.69. The zero-order valence-corrected chi connectivity index (χ0v) is 9.79. The standard InChI is InChI=1S/C15H12FN/c1-10-6-11(2)8-12(7-10)13-4-3-5-15(16)14(13)9-17/h3-8H,1-2H3. The van der Waals surface area contributed by atoms with Crippen molar-refractivity contribution in [3.8, 4) is 17.2 Å². The zero-order chi connectivity index (χ0) is 12.4. The lowest BCUT2D eigenvalue weighted by atomic mass is 9.97. The monoisotopic (exact) mass is 225 g/mol. The van der Waals surface area contributed by atoms with Crippen LogP contribution in [0.1, 0.15) is 16.7 Å². The number of nitrogens with zero attached hydrogens (tertiary/aromatic N) is 1. The normalized spacial score (nSPS) is 10.0. The van der Waals surface area contributed by atoms with Crippen LogP contribution in [0.4, 0.5) is 4.39 Å². The number of halogens is 1. The SMILES string of the molecule is Cc1cc(C)cc(-c2cccc(F)c2C#N)c1. The van der Waals surface area contributed by atoms with E-state index in [9.17, 15) is 4.39 Å². The minimum absolute atomic E-state index is 0.109. The molecule has 2 heteroatoms. The topological polar surface area (TPSA) is 23.8 Å². The molecule has 0 aromatic heterocycles. The first-order valence-electron chi connectivity index (χ1n) is 5.39. The number of benzene rings is 2. The van der Waals surface area contributed by atoms with E-state index in [-0.39, 0.29) is 5.56 Å².